The lowest BCUT2D eigenvalue weighted by molar-refractivity contribution is 1.16. The molecule has 1 aromatic carbocycles. The molecule has 1 heterocycles. The fourth-order valence-corrected chi connectivity index (χ4v) is 2.51. The first-order valence-electron chi connectivity index (χ1n) is 4.33. The number of rotatable bonds is 1. The van der Waals surface area contributed by atoms with Gasteiger partial charge in [-0.05, 0) is 34.1 Å². The Morgan fingerprint density at radius 3 is 2.06 bits per heavy atom. The first kappa shape index (κ1) is 13.6. The number of halogens is 5. The summed E-state index contributed by atoms with van der Waals surface area (Å²) >= 11 is 24.4. The van der Waals surface area contributed by atoms with Gasteiger partial charge in [0.25, 0.3) is 0 Å². The van der Waals surface area contributed by atoms with E-state index in [1.54, 1.807) is 12.1 Å². The monoisotopic (exact) mass is 414 g/mol. The molecular formula is C10H3Br2Cl3N2. The summed E-state index contributed by atoms with van der Waals surface area (Å²) in [5.74, 6) is 0.390. The third kappa shape index (κ3) is 2.93. The van der Waals surface area contributed by atoms with Crippen LogP contribution in [0.1, 0.15) is 0 Å². The summed E-state index contributed by atoms with van der Waals surface area (Å²) in [4.78, 5) is 8.24. The van der Waals surface area contributed by atoms with Crippen molar-refractivity contribution < 1.29 is 0 Å². The van der Waals surface area contributed by atoms with Crippen molar-refractivity contribution in [2.75, 3.05) is 0 Å². The van der Waals surface area contributed by atoms with Gasteiger partial charge in [0.15, 0.2) is 5.82 Å². The molecule has 88 valence electrons. The van der Waals surface area contributed by atoms with Crippen LogP contribution in [0.25, 0.3) is 11.4 Å². The van der Waals surface area contributed by atoms with Gasteiger partial charge in [-0.1, -0.05) is 50.7 Å². The summed E-state index contributed by atoms with van der Waals surface area (Å²) in [5, 5.41) is 1.02. The van der Waals surface area contributed by atoms with Crippen molar-refractivity contribution in [2.45, 2.75) is 0 Å². The van der Waals surface area contributed by atoms with Gasteiger partial charge in [-0.15, -0.1) is 0 Å². The number of nitrogens with zero attached hydrogens (tertiary/aromatic N) is 2. The first-order valence-corrected chi connectivity index (χ1v) is 7.05. The molecule has 0 fully saturated rings. The molecule has 17 heavy (non-hydrogen) atoms. The second kappa shape index (κ2) is 5.41. The van der Waals surface area contributed by atoms with E-state index >= 15 is 0 Å². The Hall–Kier alpha value is 0.130. The Morgan fingerprint density at radius 2 is 1.53 bits per heavy atom. The van der Waals surface area contributed by atoms with E-state index in [0.717, 1.165) is 4.47 Å². The molecule has 0 aliphatic carbocycles. The summed E-state index contributed by atoms with van der Waals surface area (Å²) in [6.07, 6.45) is 0. The number of benzene rings is 1. The topological polar surface area (TPSA) is 25.8 Å². The molecular weight excluding hydrogens is 414 g/mol. The van der Waals surface area contributed by atoms with Gasteiger partial charge in [0, 0.05) is 10.0 Å². The molecule has 0 unspecified atom stereocenters. The van der Waals surface area contributed by atoms with E-state index in [1.165, 1.54) is 0 Å². The van der Waals surface area contributed by atoms with Crippen LogP contribution in [-0.4, -0.2) is 9.97 Å². The van der Waals surface area contributed by atoms with Crippen LogP contribution in [0.3, 0.4) is 0 Å². The maximum atomic E-state index is 6.10. The van der Waals surface area contributed by atoms with Gasteiger partial charge in [0.05, 0.1) is 9.50 Å². The molecule has 0 aliphatic heterocycles. The van der Waals surface area contributed by atoms with Crippen molar-refractivity contribution in [1.29, 1.82) is 0 Å². The van der Waals surface area contributed by atoms with Crippen LogP contribution in [0.2, 0.25) is 15.3 Å². The minimum Gasteiger partial charge on any atom is -0.215 e. The molecule has 2 aromatic rings. The summed E-state index contributed by atoms with van der Waals surface area (Å²) in [6.45, 7) is 0. The minimum atomic E-state index is 0.249. The zero-order chi connectivity index (χ0) is 12.6. The lowest BCUT2D eigenvalue weighted by Gasteiger charge is -2.06. The highest BCUT2D eigenvalue weighted by Gasteiger charge is 2.12. The lowest BCUT2D eigenvalue weighted by atomic mass is 10.2. The summed E-state index contributed by atoms with van der Waals surface area (Å²) < 4.78 is 1.35. The van der Waals surface area contributed by atoms with Crippen molar-refractivity contribution in [3.63, 3.8) is 0 Å². The van der Waals surface area contributed by atoms with Gasteiger partial charge >= 0.3 is 0 Å². The zero-order valence-corrected chi connectivity index (χ0v) is 13.5. The smallest absolute Gasteiger partial charge is 0.164 e. The van der Waals surface area contributed by atoms with Crippen LogP contribution in [0.15, 0.2) is 27.1 Å². The molecule has 0 saturated heterocycles. The zero-order valence-electron chi connectivity index (χ0n) is 8.02. The van der Waals surface area contributed by atoms with E-state index < -0.39 is 0 Å². The van der Waals surface area contributed by atoms with E-state index in [4.69, 9.17) is 34.8 Å². The van der Waals surface area contributed by atoms with Gasteiger partial charge < -0.3 is 0 Å². The van der Waals surface area contributed by atoms with Crippen LogP contribution in [0.5, 0.6) is 0 Å². The van der Waals surface area contributed by atoms with Crippen molar-refractivity contribution in [1.82, 2.24) is 9.97 Å². The van der Waals surface area contributed by atoms with Crippen LogP contribution in [0.4, 0.5) is 0 Å². The number of hydrogen-bond donors (Lipinski definition) is 0. The number of aromatic nitrogens is 2. The molecule has 0 spiro atoms. The Morgan fingerprint density at radius 1 is 0.941 bits per heavy atom. The van der Waals surface area contributed by atoms with Gasteiger partial charge in [0.1, 0.15) is 10.3 Å². The fourth-order valence-electron chi connectivity index (χ4n) is 1.19. The van der Waals surface area contributed by atoms with Gasteiger partial charge in [-0.25, -0.2) is 9.97 Å². The molecule has 0 bridgehead atoms. The molecule has 0 atom stereocenters. The van der Waals surface area contributed by atoms with E-state index in [-0.39, 0.29) is 10.3 Å². The van der Waals surface area contributed by atoms with E-state index in [9.17, 15) is 0 Å². The highest BCUT2D eigenvalue weighted by atomic mass is 79.9. The Kier molecular flexibility index (Phi) is 4.31. The number of hydrogen-bond acceptors (Lipinski definition) is 2. The maximum absolute atomic E-state index is 6.10. The molecule has 7 heteroatoms. The molecule has 2 rings (SSSR count). The molecule has 0 saturated carbocycles. The molecule has 2 nitrogen and oxygen atoms in total. The molecule has 1 aromatic heterocycles. The second-order valence-corrected chi connectivity index (χ2v) is 5.90. The highest BCUT2D eigenvalue weighted by molar-refractivity contribution is 9.10. The quantitative estimate of drug-likeness (QED) is 0.563. The third-order valence-corrected chi connectivity index (χ3v) is 4.50. The van der Waals surface area contributed by atoms with Crippen LogP contribution in [-0.2, 0) is 0 Å². The van der Waals surface area contributed by atoms with Crippen LogP contribution < -0.4 is 0 Å². The van der Waals surface area contributed by atoms with E-state index in [2.05, 4.69) is 41.8 Å². The van der Waals surface area contributed by atoms with Crippen molar-refractivity contribution in [2.24, 2.45) is 0 Å². The predicted molar refractivity (Wildman–Crippen MR) is 77.9 cm³/mol. The van der Waals surface area contributed by atoms with Crippen molar-refractivity contribution in [3.8, 4) is 11.4 Å². The average Bonchev–Trinajstić information content (AvgIpc) is 2.25. The predicted octanol–water partition coefficient (Wildman–Crippen LogP) is 5.63. The second-order valence-electron chi connectivity index (χ2n) is 3.07. The molecule has 0 N–H and O–H groups in total. The summed E-state index contributed by atoms with van der Waals surface area (Å²) in [7, 11) is 0. The van der Waals surface area contributed by atoms with Crippen LogP contribution >= 0.6 is 66.7 Å². The third-order valence-electron chi connectivity index (χ3n) is 1.94. The van der Waals surface area contributed by atoms with E-state index in [1.807, 2.05) is 6.07 Å². The maximum Gasteiger partial charge on any atom is 0.164 e. The normalized spacial score (nSPS) is 10.6. The Balaban J connectivity index is 2.61. The van der Waals surface area contributed by atoms with Gasteiger partial charge in [0.2, 0.25) is 0 Å². The first-order chi connectivity index (χ1) is 7.99. The van der Waals surface area contributed by atoms with Crippen molar-refractivity contribution >= 4 is 66.7 Å². The average molecular weight is 417 g/mol. The van der Waals surface area contributed by atoms with Crippen molar-refractivity contribution in [3.05, 3.63) is 42.5 Å². The largest absolute Gasteiger partial charge is 0.215 e. The molecule has 0 amide bonds. The Labute approximate surface area is 130 Å². The lowest BCUT2D eigenvalue weighted by Crippen LogP contribution is -1.92. The summed E-state index contributed by atoms with van der Waals surface area (Å²) in [6, 6.07) is 5.39. The molecule has 0 radical (unpaired) electrons. The molecule has 0 aliphatic rings. The minimum absolute atomic E-state index is 0.249. The SMILES string of the molecule is Clc1cc(Br)ccc1-c1nc(Cl)c(Br)c(Cl)n1. The standard InChI is InChI=1S/C10H3Br2Cl3N2/c11-4-1-2-5(6(13)3-4)10-16-8(14)7(12)9(15)17-10/h1-3H. The van der Waals surface area contributed by atoms with E-state index in [0.29, 0.717) is 20.9 Å². The van der Waals surface area contributed by atoms with Gasteiger partial charge in [-0.2, -0.15) is 0 Å². The van der Waals surface area contributed by atoms with Gasteiger partial charge in [-0.3, -0.25) is 0 Å². The van der Waals surface area contributed by atoms with Crippen LogP contribution in [0, 0.1) is 0 Å². The Bertz CT molecular complexity index is 567. The summed E-state index contributed by atoms with van der Waals surface area (Å²) in [5.41, 5.74) is 0.672. The highest BCUT2D eigenvalue weighted by Crippen LogP contribution is 2.33. The fraction of sp³-hybridized carbons (Fsp3) is 0.